The maximum absolute atomic E-state index is 13.8. The molecule has 3 rings (SSSR count). The van der Waals surface area contributed by atoms with E-state index in [1.165, 1.54) is 6.07 Å². The number of amides is 2. The van der Waals surface area contributed by atoms with Gasteiger partial charge in [-0.15, -0.1) is 0 Å². The minimum absolute atomic E-state index is 0.105. The first-order valence-corrected chi connectivity index (χ1v) is 10.5. The van der Waals surface area contributed by atoms with E-state index in [0.29, 0.717) is 47.5 Å². The number of carbonyl (C=O) groups excluding carboxylic acids is 3. The second-order valence-corrected chi connectivity index (χ2v) is 7.75. The van der Waals surface area contributed by atoms with Crippen LogP contribution in [0.4, 0.5) is 4.39 Å². The van der Waals surface area contributed by atoms with Gasteiger partial charge >= 0.3 is 5.97 Å². The average molecular weight is 429 g/mol. The number of piperidine rings is 1. The van der Waals surface area contributed by atoms with Crippen LogP contribution >= 0.6 is 0 Å². The summed E-state index contributed by atoms with van der Waals surface area (Å²) in [5.41, 5.74) is 2.26. The molecule has 0 unspecified atom stereocenters. The van der Waals surface area contributed by atoms with E-state index in [9.17, 15) is 18.8 Å². The Morgan fingerprint density at radius 2 is 2.00 bits per heavy atom. The largest absolute Gasteiger partial charge is 0.462 e. The quantitative estimate of drug-likeness (QED) is 0.691. The minimum Gasteiger partial charge on any atom is -0.462 e. The van der Waals surface area contributed by atoms with Crippen LogP contribution in [0.2, 0.25) is 0 Å². The number of esters is 1. The highest BCUT2D eigenvalue weighted by molar-refractivity contribution is 6.00. The summed E-state index contributed by atoms with van der Waals surface area (Å²) in [4.78, 5) is 42.6. The Hall–Kier alpha value is -3.16. The number of aryl methyl sites for hydroxylation is 1. The molecule has 31 heavy (non-hydrogen) atoms. The number of likely N-dealkylation sites (tertiary alicyclic amines) is 1. The molecule has 166 valence electrons. The van der Waals surface area contributed by atoms with E-state index >= 15 is 0 Å². The van der Waals surface area contributed by atoms with E-state index in [0.717, 1.165) is 0 Å². The van der Waals surface area contributed by atoms with Gasteiger partial charge in [-0.2, -0.15) is 0 Å². The summed E-state index contributed by atoms with van der Waals surface area (Å²) in [5, 5.41) is 2.78. The van der Waals surface area contributed by atoms with Crippen molar-refractivity contribution in [3.05, 3.63) is 58.2 Å². The van der Waals surface area contributed by atoms with Crippen LogP contribution in [0.15, 0.2) is 24.3 Å². The van der Waals surface area contributed by atoms with Crippen molar-refractivity contribution in [3.63, 3.8) is 0 Å². The maximum Gasteiger partial charge on any atom is 0.340 e. The lowest BCUT2D eigenvalue weighted by molar-refractivity contribution is -0.126. The molecule has 0 saturated carbocycles. The third-order valence-corrected chi connectivity index (χ3v) is 5.62. The number of H-pyrrole nitrogens is 1. The lowest BCUT2D eigenvalue weighted by Crippen LogP contribution is -2.45. The smallest absolute Gasteiger partial charge is 0.340 e. The van der Waals surface area contributed by atoms with Gasteiger partial charge < -0.3 is 19.9 Å². The fourth-order valence-electron chi connectivity index (χ4n) is 3.98. The van der Waals surface area contributed by atoms with Crippen LogP contribution in [0.25, 0.3) is 0 Å². The first kappa shape index (κ1) is 22.5. The normalized spacial score (nSPS) is 16.1. The molecular weight excluding hydrogens is 401 g/mol. The Bertz CT molecular complexity index is 985. The fraction of sp³-hybridized carbons (Fsp3) is 0.435. The Kier molecular flexibility index (Phi) is 7.09. The van der Waals surface area contributed by atoms with Gasteiger partial charge in [-0.1, -0.05) is 18.2 Å². The summed E-state index contributed by atoms with van der Waals surface area (Å²) < 4.78 is 18.9. The standard InChI is InChI=1S/C23H28FN3O4/c1-4-31-23(30)19-14(2)20(26-15(19)3)22(29)27-11-7-9-17(13-27)21(28)25-12-16-8-5-6-10-18(16)24/h5-6,8,10,17,26H,4,7,9,11-13H2,1-3H3,(H,25,28)/t17-/m0/s1. The molecule has 1 atom stereocenters. The van der Waals surface area contributed by atoms with Crippen molar-refractivity contribution in [2.45, 2.75) is 40.2 Å². The third-order valence-electron chi connectivity index (χ3n) is 5.62. The number of nitrogens with one attached hydrogen (secondary N) is 2. The van der Waals surface area contributed by atoms with Crippen LogP contribution in [0.5, 0.6) is 0 Å². The molecule has 0 aliphatic carbocycles. The molecule has 2 heterocycles. The summed E-state index contributed by atoms with van der Waals surface area (Å²) >= 11 is 0. The van der Waals surface area contributed by atoms with Crippen LogP contribution in [0.3, 0.4) is 0 Å². The molecule has 0 spiro atoms. The zero-order valence-corrected chi connectivity index (χ0v) is 18.1. The van der Waals surface area contributed by atoms with Crippen LogP contribution in [0, 0.1) is 25.6 Å². The highest BCUT2D eigenvalue weighted by Crippen LogP contribution is 2.24. The van der Waals surface area contributed by atoms with Crippen molar-refractivity contribution in [2.24, 2.45) is 5.92 Å². The Morgan fingerprint density at radius 3 is 2.71 bits per heavy atom. The van der Waals surface area contributed by atoms with E-state index in [1.54, 1.807) is 43.9 Å². The van der Waals surface area contributed by atoms with Crippen LogP contribution in [-0.2, 0) is 16.1 Å². The minimum atomic E-state index is -0.461. The predicted octanol–water partition coefficient (Wildman–Crippen LogP) is 3.12. The third kappa shape index (κ3) is 4.95. The van der Waals surface area contributed by atoms with Crippen molar-refractivity contribution in [1.29, 1.82) is 0 Å². The van der Waals surface area contributed by atoms with E-state index in [4.69, 9.17) is 4.74 Å². The Labute approximate surface area is 181 Å². The molecular formula is C23H28FN3O4. The number of nitrogens with zero attached hydrogens (tertiary/aromatic N) is 1. The van der Waals surface area contributed by atoms with Gasteiger partial charge in [0, 0.05) is 30.9 Å². The lowest BCUT2D eigenvalue weighted by atomic mass is 9.96. The molecule has 1 aliphatic heterocycles. The molecule has 2 aromatic rings. The molecule has 1 aromatic heterocycles. The van der Waals surface area contributed by atoms with Gasteiger partial charge in [0.05, 0.1) is 18.1 Å². The van der Waals surface area contributed by atoms with Crippen molar-refractivity contribution in [1.82, 2.24) is 15.2 Å². The molecule has 0 bridgehead atoms. The molecule has 1 aliphatic rings. The summed E-state index contributed by atoms with van der Waals surface area (Å²) in [6, 6.07) is 6.30. The van der Waals surface area contributed by atoms with Gasteiger partial charge in [0.2, 0.25) is 5.91 Å². The molecule has 1 aromatic carbocycles. The number of ether oxygens (including phenoxy) is 1. The monoisotopic (exact) mass is 429 g/mol. The molecule has 1 fully saturated rings. The zero-order valence-electron chi connectivity index (χ0n) is 18.1. The number of halogens is 1. The van der Waals surface area contributed by atoms with E-state index in [1.807, 2.05) is 0 Å². The molecule has 8 heteroatoms. The Balaban J connectivity index is 1.67. The van der Waals surface area contributed by atoms with E-state index in [2.05, 4.69) is 10.3 Å². The molecule has 2 N–H and O–H groups in total. The molecule has 7 nitrogen and oxygen atoms in total. The van der Waals surface area contributed by atoms with Gasteiger partial charge in [-0.05, 0) is 45.2 Å². The van der Waals surface area contributed by atoms with Gasteiger partial charge in [0.15, 0.2) is 0 Å². The fourth-order valence-corrected chi connectivity index (χ4v) is 3.98. The number of aromatic nitrogens is 1. The van der Waals surface area contributed by atoms with Gasteiger partial charge in [-0.3, -0.25) is 9.59 Å². The second kappa shape index (κ2) is 9.76. The first-order valence-electron chi connectivity index (χ1n) is 10.5. The van der Waals surface area contributed by atoms with E-state index in [-0.39, 0.29) is 43.2 Å². The van der Waals surface area contributed by atoms with Crippen molar-refractivity contribution >= 4 is 17.8 Å². The molecule has 1 saturated heterocycles. The summed E-state index contributed by atoms with van der Waals surface area (Å²) in [6.07, 6.45) is 1.34. The number of hydrogen-bond donors (Lipinski definition) is 2. The number of benzene rings is 1. The highest BCUT2D eigenvalue weighted by Gasteiger charge is 2.31. The number of rotatable bonds is 6. The molecule has 2 amide bonds. The molecule has 0 radical (unpaired) electrons. The van der Waals surface area contributed by atoms with Gasteiger partial charge in [-0.25, -0.2) is 9.18 Å². The van der Waals surface area contributed by atoms with Gasteiger partial charge in [0.25, 0.3) is 5.91 Å². The summed E-state index contributed by atoms with van der Waals surface area (Å²) in [7, 11) is 0. The average Bonchev–Trinajstić information content (AvgIpc) is 3.06. The topological polar surface area (TPSA) is 91.5 Å². The number of aromatic amines is 1. The van der Waals surface area contributed by atoms with Crippen LogP contribution in [-0.4, -0.2) is 47.4 Å². The van der Waals surface area contributed by atoms with Crippen molar-refractivity contribution in [3.8, 4) is 0 Å². The number of hydrogen-bond acceptors (Lipinski definition) is 4. The lowest BCUT2D eigenvalue weighted by Gasteiger charge is -2.32. The SMILES string of the molecule is CCOC(=O)c1c(C)[nH]c(C(=O)N2CCC[C@H](C(=O)NCc3ccccc3F)C2)c1C. The van der Waals surface area contributed by atoms with Crippen molar-refractivity contribution in [2.75, 3.05) is 19.7 Å². The number of carbonyl (C=O) groups is 3. The summed E-state index contributed by atoms with van der Waals surface area (Å²) in [5.74, 6) is -1.64. The summed E-state index contributed by atoms with van der Waals surface area (Å²) in [6.45, 7) is 6.33. The van der Waals surface area contributed by atoms with Crippen LogP contribution in [0.1, 0.15) is 57.4 Å². The zero-order chi connectivity index (χ0) is 22.5. The van der Waals surface area contributed by atoms with Gasteiger partial charge in [0.1, 0.15) is 11.5 Å². The first-order chi connectivity index (χ1) is 14.8. The Morgan fingerprint density at radius 1 is 1.26 bits per heavy atom. The maximum atomic E-state index is 13.8. The van der Waals surface area contributed by atoms with E-state index < -0.39 is 5.97 Å². The van der Waals surface area contributed by atoms with Crippen LogP contribution < -0.4 is 5.32 Å². The highest BCUT2D eigenvalue weighted by atomic mass is 19.1. The predicted molar refractivity (Wildman–Crippen MR) is 113 cm³/mol. The van der Waals surface area contributed by atoms with Crippen molar-refractivity contribution < 1.29 is 23.5 Å². The second-order valence-electron chi connectivity index (χ2n) is 7.75.